The summed E-state index contributed by atoms with van der Waals surface area (Å²) in [5.41, 5.74) is 2.55. The van der Waals surface area contributed by atoms with Gasteiger partial charge in [0.1, 0.15) is 11.6 Å². The molecule has 0 spiro atoms. The molecular weight excluding hydrogens is 274 g/mol. The summed E-state index contributed by atoms with van der Waals surface area (Å²) < 4.78 is 5.33. The molecule has 2 heterocycles. The van der Waals surface area contributed by atoms with E-state index in [1.807, 2.05) is 12.3 Å². The van der Waals surface area contributed by atoms with Crippen molar-refractivity contribution < 1.29 is 4.74 Å². The summed E-state index contributed by atoms with van der Waals surface area (Å²) in [4.78, 5) is 9.29. The predicted molar refractivity (Wildman–Crippen MR) is 89.5 cm³/mol. The molecule has 0 N–H and O–H groups in total. The number of hydrogen-bond acceptors (Lipinski definition) is 4. The lowest BCUT2D eigenvalue weighted by atomic mass is 10.1. The van der Waals surface area contributed by atoms with Crippen LogP contribution in [0.4, 0.5) is 5.82 Å². The minimum absolute atomic E-state index is 0.962. The van der Waals surface area contributed by atoms with Crippen molar-refractivity contribution in [2.24, 2.45) is 0 Å². The van der Waals surface area contributed by atoms with Crippen LogP contribution in [0.25, 0.3) is 0 Å². The number of anilines is 1. The Morgan fingerprint density at radius 3 is 2.55 bits per heavy atom. The number of ether oxygens (including phenoxy) is 1. The molecule has 116 valence electrons. The molecule has 1 saturated heterocycles. The zero-order valence-electron chi connectivity index (χ0n) is 13.3. The number of aromatic nitrogens is 1. The zero-order chi connectivity index (χ0) is 15.4. The van der Waals surface area contributed by atoms with Gasteiger partial charge in [0.2, 0.25) is 0 Å². The highest BCUT2D eigenvalue weighted by molar-refractivity contribution is 5.38. The van der Waals surface area contributed by atoms with E-state index in [0.29, 0.717) is 0 Å². The van der Waals surface area contributed by atoms with Gasteiger partial charge in [-0.25, -0.2) is 4.98 Å². The van der Waals surface area contributed by atoms with Gasteiger partial charge in [-0.3, -0.25) is 4.90 Å². The third kappa shape index (κ3) is 3.39. The van der Waals surface area contributed by atoms with Gasteiger partial charge in [0.25, 0.3) is 0 Å². The molecule has 0 atom stereocenters. The van der Waals surface area contributed by atoms with E-state index in [1.54, 1.807) is 7.11 Å². The van der Waals surface area contributed by atoms with E-state index < -0.39 is 0 Å². The number of rotatable bonds is 4. The highest BCUT2D eigenvalue weighted by Gasteiger charge is 2.18. The van der Waals surface area contributed by atoms with Gasteiger partial charge in [0.15, 0.2) is 0 Å². The van der Waals surface area contributed by atoms with Crippen LogP contribution < -0.4 is 9.64 Å². The molecule has 1 aromatic carbocycles. The Labute approximate surface area is 132 Å². The summed E-state index contributed by atoms with van der Waals surface area (Å²) >= 11 is 0. The van der Waals surface area contributed by atoms with Crippen molar-refractivity contribution in [3.8, 4) is 5.75 Å². The van der Waals surface area contributed by atoms with Crippen molar-refractivity contribution in [1.82, 2.24) is 9.88 Å². The quantitative estimate of drug-likeness (QED) is 0.867. The lowest BCUT2D eigenvalue weighted by Crippen LogP contribution is -2.46. The van der Waals surface area contributed by atoms with Crippen LogP contribution in [0, 0.1) is 6.92 Å². The van der Waals surface area contributed by atoms with Crippen molar-refractivity contribution in [3.63, 3.8) is 0 Å². The van der Waals surface area contributed by atoms with Crippen LogP contribution in [-0.4, -0.2) is 43.2 Å². The molecule has 1 aliphatic rings. The summed E-state index contributed by atoms with van der Waals surface area (Å²) in [6.07, 6.45) is 1.86. The fraction of sp³-hybridized carbons (Fsp3) is 0.389. The Hall–Kier alpha value is -2.07. The van der Waals surface area contributed by atoms with E-state index in [9.17, 15) is 0 Å². The van der Waals surface area contributed by atoms with Crippen molar-refractivity contribution in [1.29, 1.82) is 0 Å². The van der Waals surface area contributed by atoms with E-state index in [-0.39, 0.29) is 0 Å². The minimum atomic E-state index is 0.962. The Balaban J connectivity index is 1.57. The first kappa shape index (κ1) is 14.9. The van der Waals surface area contributed by atoms with Crippen LogP contribution in [0.15, 0.2) is 42.6 Å². The van der Waals surface area contributed by atoms with E-state index in [4.69, 9.17) is 4.74 Å². The van der Waals surface area contributed by atoms with Crippen molar-refractivity contribution >= 4 is 5.82 Å². The van der Waals surface area contributed by atoms with Crippen LogP contribution in [0.2, 0.25) is 0 Å². The van der Waals surface area contributed by atoms with Crippen molar-refractivity contribution in [2.45, 2.75) is 13.5 Å². The molecule has 3 rings (SSSR count). The summed E-state index contributed by atoms with van der Waals surface area (Å²) in [6, 6.07) is 12.6. The maximum absolute atomic E-state index is 5.33. The van der Waals surface area contributed by atoms with E-state index in [1.165, 1.54) is 11.1 Å². The van der Waals surface area contributed by atoms with Crippen LogP contribution in [0.1, 0.15) is 11.1 Å². The number of piperazine rings is 1. The molecule has 0 saturated carbocycles. The standard InChI is InChI=1S/C18H23N3O/c1-15-13-16(6-7-17(15)22-2)14-20-9-11-21(12-10-20)18-5-3-4-8-19-18/h3-8,13H,9-12,14H2,1-2H3. The van der Waals surface area contributed by atoms with E-state index >= 15 is 0 Å². The Morgan fingerprint density at radius 2 is 1.91 bits per heavy atom. The second-order valence-corrected chi connectivity index (χ2v) is 5.76. The second kappa shape index (κ2) is 6.79. The van der Waals surface area contributed by atoms with Gasteiger partial charge in [0, 0.05) is 38.9 Å². The number of benzene rings is 1. The molecule has 0 aliphatic carbocycles. The molecule has 1 aromatic heterocycles. The molecule has 2 aromatic rings. The third-order valence-electron chi connectivity index (χ3n) is 4.21. The van der Waals surface area contributed by atoms with Gasteiger partial charge in [0.05, 0.1) is 7.11 Å². The maximum Gasteiger partial charge on any atom is 0.128 e. The first-order valence-corrected chi connectivity index (χ1v) is 7.78. The lowest BCUT2D eigenvalue weighted by molar-refractivity contribution is 0.249. The van der Waals surface area contributed by atoms with Crippen LogP contribution in [0.5, 0.6) is 5.75 Å². The number of hydrogen-bond donors (Lipinski definition) is 0. The van der Waals surface area contributed by atoms with Gasteiger partial charge < -0.3 is 9.64 Å². The van der Waals surface area contributed by atoms with E-state index in [2.05, 4.69) is 52.0 Å². The minimum Gasteiger partial charge on any atom is -0.496 e. The topological polar surface area (TPSA) is 28.6 Å². The molecule has 4 nitrogen and oxygen atoms in total. The molecular formula is C18H23N3O. The smallest absolute Gasteiger partial charge is 0.128 e. The summed E-state index contributed by atoms with van der Waals surface area (Å²) in [5.74, 6) is 2.05. The first-order chi connectivity index (χ1) is 10.8. The summed E-state index contributed by atoms with van der Waals surface area (Å²) in [6.45, 7) is 7.31. The average molecular weight is 297 g/mol. The summed E-state index contributed by atoms with van der Waals surface area (Å²) in [7, 11) is 1.72. The average Bonchev–Trinajstić information content (AvgIpc) is 2.57. The number of methoxy groups -OCH3 is 1. The van der Waals surface area contributed by atoms with Gasteiger partial charge in [-0.1, -0.05) is 18.2 Å². The van der Waals surface area contributed by atoms with Crippen LogP contribution >= 0.6 is 0 Å². The maximum atomic E-state index is 5.33. The van der Waals surface area contributed by atoms with Gasteiger partial charge in [-0.05, 0) is 36.2 Å². The molecule has 0 amide bonds. The molecule has 22 heavy (non-hydrogen) atoms. The number of aryl methyl sites for hydroxylation is 1. The molecule has 1 aliphatic heterocycles. The molecule has 0 unspecified atom stereocenters. The summed E-state index contributed by atoms with van der Waals surface area (Å²) in [5, 5.41) is 0. The molecule has 0 radical (unpaired) electrons. The van der Waals surface area contributed by atoms with Crippen LogP contribution in [0.3, 0.4) is 0 Å². The van der Waals surface area contributed by atoms with Crippen LogP contribution in [-0.2, 0) is 6.54 Å². The Morgan fingerprint density at radius 1 is 1.09 bits per heavy atom. The van der Waals surface area contributed by atoms with Crippen molar-refractivity contribution in [3.05, 3.63) is 53.7 Å². The molecule has 4 heteroatoms. The van der Waals surface area contributed by atoms with Gasteiger partial charge in [-0.2, -0.15) is 0 Å². The largest absolute Gasteiger partial charge is 0.496 e. The number of nitrogens with zero attached hydrogens (tertiary/aromatic N) is 3. The van der Waals surface area contributed by atoms with E-state index in [0.717, 1.165) is 44.3 Å². The fourth-order valence-corrected chi connectivity index (χ4v) is 2.97. The molecule has 1 fully saturated rings. The van der Waals surface area contributed by atoms with Gasteiger partial charge in [-0.15, -0.1) is 0 Å². The Kier molecular flexibility index (Phi) is 4.59. The number of pyridine rings is 1. The van der Waals surface area contributed by atoms with Crippen molar-refractivity contribution in [2.75, 3.05) is 38.2 Å². The highest BCUT2D eigenvalue weighted by Crippen LogP contribution is 2.20. The predicted octanol–water partition coefficient (Wildman–Crippen LogP) is 2.72. The monoisotopic (exact) mass is 297 g/mol. The first-order valence-electron chi connectivity index (χ1n) is 7.78. The third-order valence-corrected chi connectivity index (χ3v) is 4.21. The Bertz CT molecular complexity index is 607. The fourth-order valence-electron chi connectivity index (χ4n) is 2.97. The zero-order valence-corrected chi connectivity index (χ0v) is 13.3. The highest BCUT2D eigenvalue weighted by atomic mass is 16.5. The lowest BCUT2D eigenvalue weighted by Gasteiger charge is -2.35. The second-order valence-electron chi connectivity index (χ2n) is 5.76. The van der Waals surface area contributed by atoms with Gasteiger partial charge >= 0.3 is 0 Å². The molecule has 0 bridgehead atoms. The normalized spacial score (nSPS) is 15.8. The SMILES string of the molecule is COc1ccc(CN2CCN(c3ccccn3)CC2)cc1C.